The third kappa shape index (κ3) is 1.26. The van der Waals surface area contributed by atoms with Crippen LogP contribution < -0.4 is 0 Å². The summed E-state index contributed by atoms with van der Waals surface area (Å²) in [6, 6.07) is 6.23. The van der Waals surface area contributed by atoms with Crippen LogP contribution in [0, 0.1) is 0 Å². The molecule has 70 valence electrons. The number of hydrogen-bond donors (Lipinski definition) is 0. The van der Waals surface area contributed by atoms with Gasteiger partial charge in [0.05, 0.1) is 5.52 Å². The van der Waals surface area contributed by atoms with Crippen molar-refractivity contribution < 1.29 is 0 Å². The van der Waals surface area contributed by atoms with Crippen LogP contribution in [0.2, 0.25) is 5.28 Å². The highest BCUT2D eigenvalue weighted by molar-refractivity contribution is 6.28. The second kappa shape index (κ2) is 2.92. The van der Waals surface area contributed by atoms with Gasteiger partial charge in [0.2, 0.25) is 5.28 Å². The molecule has 3 rings (SSSR count). The molecule has 2 nitrogen and oxygen atoms in total. The fourth-order valence-electron chi connectivity index (χ4n) is 1.78. The number of halogens is 1. The molecule has 0 unspecified atom stereocenters. The van der Waals surface area contributed by atoms with Crippen molar-refractivity contribution in [2.75, 3.05) is 0 Å². The SMILES string of the molecule is Clc1ncc2cccc(C3CC3)c2n1. The first kappa shape index (κ1) is 8.18. The normalized spacial score (nSPS) is 16.1. The van der Waals surface area contributed by atoms with Crippen molar-refractivity contribution in [1.29, 1.82) is 0 Å². The molecule has 0 aliphatic heterocycles. The summed E-state index contributed by atoms with van der Waals surface area (Å²) in [5.74, 6) is 0.699. The summed E-state index contributed by atoms with van der Waals surface area (Å²) in [7, 11) is 0. The van der Waals surface area contributed by atoms with Gasteiger partial charge >= 0.3 is 0 Å². The number of aromatic nitrogens is 2. The van der Waals surface area contributed by atoms with E-state index in [-0.39, 0.29) is 0 Å². The average Bonchev–Trinajstić information content (AvgIpc) is 3.00. The predicted octanol–water partition coefficient (Wildman–Crippen LogP) is 3.16. The highest BCUT2D eigenvalue weighted by Crippen LogP contribution is 2.42. The van der Waals surface area contributed by atoms with E-state index in [1.165, 1.54) is 18.4 Å². The lowest BCUT2D eigenvalue weighted by Crippen LogP contribution is -1.89. The van der Waals surface area contributed by atoms with Crippen molar-refractivity contribution in [1.82, 2.24) is 9.97 Å². The van der Waals surface area contributed by atoms with E-state index in [0.717, 1.165) is 10.9 Å². The quantitative estimate of drug-likeness (QED) is 0.667. The number of para-hydroxylation sites is 1. The number of rotatable bonds is 1. The molecule has 0 N–H and O–H groups in total. The Morgan fingerprint density at radius 3 is 2.93 bits per heavy atom. The molecule has 1 aliphatic rings. The van der Waals surface area contributed by atoms with Gasteiger partial charge in [0.25, 0.3) is 0 Å². The van der Waals surface area contributed by atoms with Crippen LogP contribution in [-0.2, 0) is 0 Å². The zero-order valence-electron chi connectivity index (χ0n) is 7.57. The van der Waals surface area contributed by atoms with E-state index in [0.29, 0.717) is 11.2 Å². The minimum atomic E-state index is 0.339. The summed E-state index contributed by atoms with van der Waals surface area (Å²) < 4.78 is 0. The highest BCUT2D eigenvalue weighted by atomic mass is 35.5. The maximum atomic E-state index is 5.79. The molecule has 0 saturated heterocycles. The minimum Gasteiger partial charge on any atom is -0.226 e. The third-order valence-electron chi connectivity index (χ3n) is 2.63. The van der Waals surface area contributed by atoms with Crippen LogP contribution in [0.5, 0.6) is 0 Å². The fraction of sp³-hybridized carbons (Fsp3) is 0.273. The van der Waals surface area contributed by atoms with Crippen LogP contribution in [0.4, 0.5) is 0 Å². The average molecular weight is 205 g/mol. The predicted molar refractivity (Wildman–Crippen MR) is 56.5 cm³/mol. The number of nitrogens with zero attached hydrogens (tertiary/aromatic N) is 2. The van der Waals surface area contributed by atoms with Gasteiger partial charge in [-0.05, 0) is 35.9 Å². The molecule has 0 bridgehead atoms. The Labute approximate surface area is 86.9 Å². The Morgan fingerprint density at radius 2 is 2.14 bits per heavy atom. The molecule has 1 heterocycles. The first-order valence-electron chi connectivity index (χ1n) is 4.76. The Kier molecular flexibility index (Phi) is 1.71. The van der Waals surface area contributed by atoms with E-state index in [1.807, 2.05) is 6.07 Å². The molecule has 0 amide bonds. The van der Waals surface area contributed by atoms with Gasteiger partial charge in [-0.3, -0.25) is 0 Å². The van der Waals surface area contributed by atoms with E-state index >= 15 is 0 Å². The van der Waals surface area contributed by atoms with E-state index in [1.54, 1.807) is 6.20 Å². The first-order valence-corrected chi connectivity index (χ1v) is 5.13. The Morgan fingerprint density at radius 1 is 1.29 bits per heavy atom. The molecule has 3 heteroatoms. The van der Waals surface area contributed by atoms with Gasteiger partial charge in [-0.2, -0.15) is 0 Å². The smallest absolute Gasteiger partial charge is 0.222 e. The van der Waals surface area contributed by atoms with Gasteiger partial charge in [0.15, 0.2) is 0 Å². The molecule has 0 radical (unpaired) electrons. The highest BCUT2D eigenvalue weighted by Gasteiger charge is 2.25. The van der Waals surface area contributed by atoms with Crippen molar-refractivity contribution in [3.63, 3.8) is 0 Å². The molecule has 1 aromatic heterocycles. The van der Waals surface area contributed by atoms with Crippen LogP contribution in [0.3, 0.4) is 0 Å². The van der Waals surface area contributed by atoms with E-state index in [4.69, 9.17) is 11.6 Å². The molecule has 0 spiro atoms. The Hall–Kier alpha value is -1.15. The van der Waals surface area contributed by atoms with Gasteiger partial charge in [-0.25, -0.2) is 9.97 Å². The molecular formula is C11H9ClN2. The second-order valence-electron chi connectivity index (χ2n) is 3.70. The van der Waals surface area contributed by atoms with Crippen molar-refractivity contribution >= 4 is 22.5 Å². The van der Waals surface area contributed by atoms with Crippen LogP contribution in [0.15, 0.2) is 24.4 Å². The van der Waals surface area contributed by atoms with Gasteiger partial charge in [0.1, 0.15) is 0 Å². The Balaban J connectivity index is 2.32. The molecule has 14 heavy (non-hydrogen) atoms. The zero-order valence-corrected chi connectivity index (χ0v) is 8.33. The number of benzene rings is 1. The summed E-state index contributed by atoms with van der Waals surface area (Å²) in [4.78, 5) is 8.27. The molecule has 1 saturated carbocycles. The van der Waals surface area contributed by atoms with Crippen molar-refractivity contribution in [2.24, 2.45) is 0 Å². The second-order valence-corrected chi connectivity index (χ2v) is 4.04. The summed E-state index contributed by atoms with van der Waals surface area (Å²) in [6.45, 7) is 0. The maximum absolute atomic E-state index is 5.79. The molecule has 2 aromatic rings. The van der Waals surface area contributed by atoms with Gasteiger partial charge in [-0.15, -0.1) is 0 Å². The van der Waals surface area contributed by atoms with Crippen LogP contribution in [-0.4, -0.2) is 9.97 Å². The molecule has 1 aliphatic carbocycles. The van der Waals surface area contributed by atoms with Gasteiger partial charge in [-0.1, -0.05) is 18.2 Å². The van der Waals surface area contributed by atoms with E-state index in [2.05, 4.69) is 22.1 Å². The maximum Gasteiger partial charge on any atom is 0.222 e. The summed E-state index contributed by atoms with van der Waals surface area (Å²) in [6.07, 6.45) is 4.35. The number of hydrogen-bond acceptors (Lipinski definition) is 2. The van der Waals surface area contributed by atoms with Crippen LogP contribution >= 0.6 is 11.6 Å². The molecule has 1 fully saturated rings. The van der Waals surface area contributed by atoms with E-state index in [9.17, 15) is 0 Å². The lowest BCUT2D eigenvalue weighted by Gasteiger charge is -2.03. The molecule has 1 aromatic carbocycles. The van der Waals surface area contributed by atoms with E-state index < -0.39 is 0 Å². The van der Waals surface area contributed by atoms with Crippen molar-refractivity contribution in [3.8, 4) is 0 Å². The van der Waals surface area contributed by atoms with Crippen molar-refractivity contribution in [3.05, 3.63) is 35.2 Å². The van der Waals surface area contributed by atoms with Crippen LogP contribution in [0.25, 0.3) is 10.9 Å². The van der Waals surface area contributed by atoms with Gasteiger partial charge in [0, 0.05) is 11.6 Å². The standard InChI is InChI=1S/C11H9ClN2/c12-11-13-6-8-2-1-3-9(7-4-5-7)10(8)14-11/h1-3,6-7H,4-5H2. The lowest BCUT2D eigenvalue weighted by molar-refractivity contribution is 1.12. The molecular weight excluding hydrogens is 196 g/mol. The topological polar surface area (TPSA) is 25.8 Å². The van der Waals surface area contributed by atoms with Crippen molar-refractivity contribution in [2.45, 2.75) is 18.8 Å². The monoisotopic (exact) mass is 204 g/mol. The third-order valence-corrected chi connectivity index (χ3v) is 2.81. The fourth-order valence-corrected chi connectivity index (χ4v) is 1.91. The summed E-state index contributed by atoms with van der Waals surface area (Å²) in [5, 5.41) is 1.42. The lowest BCUT2D eigenvalue weighted by atomic mass is 10.1. The van der Waals surface area contributed by atoms with Crippen LogP contribution in [0.1, 0.15) is 24.3 Å². The van der Waals surface area contributed by atoms with Gasteiger partial charge < -0.3 is 0 Å². The minimum absolute atomic E-state index is 0.339. The number of fused-ring (bicyclic) bond motifs is 1. The largest absolute Gasteiger partial charge is 0.226 e. The summed E-state index contributed by atoms with van der Waals surface area (Å²) >= 11 is 5.79. The zero-order chi connectivity index (χ0) is 9.54. The molecule has 0 atom stereocenters. The first-order chi connectivity index (χ1) is 6.84. The summed E-state index contributed by atoms with van der Waals surface area (Å²) in [5.41, 5.74) is 2.35. The Bertz CT molecular complexity index is 492.